The molecule has 0 heterocycles. The van der Waals surface area contributed by atoms with E-state index >= 15 is 0 Å². The highest BCUT2D eigenvalue weighted by Crippen LogP contribution is 2.00. The van der Waals surface area contributed by atoms with E-state index in [2.05, 4.69) is 28.6 Å². The van der Waals surface area contributed by atoms with Gasteiger partial charge in [0.1, 0.15) is 0 Å². The highest BCUT2D eigenvalue weighted by molar-refractivity contribution is 9.11. The lowest BCUT2D eigenvalue weighted by atomic mass is 10.2. The van der Waals surface area contributed by atoms with E-state index in [1.54, 1.807) is 11.1 Å². The summed E-state index contributed by atoms with van der Waals surface area (Å²) in [5.41, 5.74) is 2.77. The predicted molar refractivity (Wildman–Crippen MR) is 47.1 cm³/mol. The monoisotopic (exact) mass is 204 g/mol. The first-order chi connectivity index (χ1) is 4.81. The molecule has 10 heavy (non-hydrogen) atoms. The highest BCUT2D eigenvalue weighted by Gasteiger charge is 1.94. The molecule has 2 heteroatoms. The summed E-state index contributed by atoms with van der Waals surface area (Å²) in [6.07, 6.45) is 4.37. The number of aliphatic hydroxyl groups excluding tert-OH is 1. The molecule has 1 atom stereocenters. The molecule has 0 saturated heterocycles. The highest BCUT2D eigenvalue weighted by atomic mass is 79.9. The Kier molecular flexibility index (Phi) is 7.04. The summed E-state index contributed by atoms with van der Waals surface area (Å²) in [6, 6.07) is 0. The van der Waals surface area contributed by atoms with Gasteiger partial charge in [-0.1, -0.05) is 35.7 Å². The van der Waals surface area contributed by atoms with Crippen LogP contribution in [0.15, 0.2) is 16.8 Å². The van der Waals surface area contributed by atoms with Gasteiger partial charge < -0.3 is 5.11 Å². The van der Waals surface area contributed by atoms with Gasteiger partial charge in [-0.15, -0.1) is 5.73 Å². The number of unbranched alkanes of at least 4 members (excludes halogenated alkanes) is 1. The third-order valence-corrected chi connectivity index (χ3v) is 1.47. The second-order valence-corrected chi connectivity index (χ2v) is 2.61. The molecule has 1 unspecified atom stereocenters. The molecular weight excluding hydrogens is 192 g/mol. The minimum Gasteiger partial charge on any atom is -0.388 e. The summed E-state index contributed by atoms with van der Waals surface area (Å²) in [5.74, 6) is 0. The van der Waals surface area contributed by atoms with Crippen LogP contribution in [0.4, 0.5) is 0 Å². The zero-order valence-corrected chi connectivity index (χ0v) is 7.76. The lowest BCUT2D eigenvalue weighted by molar-refractivity contribution is 0.209. The van der Waals surface area contributed by atoms with Gasteiger partial charge >= 0.3 is 0 Å². The lowest BCUT2D eigenvalue weighted by Crippen LogP contribution is -1.99. The predicted octanol–water partition coefficient (Wildman–Crippen LogP) is 2.60. The van der Waals surface area contributed by atoms with Crippen LogP contribution < -0.4 is 0 Å². The summed E-state index contributed by atoms with van der Waals surface area (Å²) in [6.45, 7) is 2.11. The molecule has 0 radical (unpaired) electrons. The zero-order valence-electron chi connectivity index (χ0n) is 6.18. The van der Waals surface area contributed by atoms with Crippen LogP contribution in [0, 0.1) is 0 Å². The lowest BCUT2D eigenvalue weighted by Gasteiger charge is -2.00. The van der Waals surface area contributed by atoms with Crippen molar-refractivity contribution >= 4 is 15.9 Å². The number of rotatable bonds is 4. The van der Waals surface area contributed by atoms with E-state index < -0.39 is 0 Å². The van der Waals surface area contributed by atoms with Crippen molar-refractivity contribution in [1.29, 1.82) is 0 Å². The Morgan fingerprint density at radius 1 is 1.70 bits per heavy atom. The SMILES string of the molecule is CCCCC(O)C=C=CBr. The molecule has 0 aromatic carbocycles. The number of halogens is 1. The molecular formula is C8H13BrO. The normalized spacial score (nSPS) is 11.9. The van der Waals surface area contributed by atoms with Crippen LogP contribution in [0.3, 0.4) is 0 Å². The maximum absolute atomic E-state index is 9.15. The van der Waals surface area contributed by atoms with Crippen LogP contribution in [0.25, 0.3) is 0 Å². The fourth-order valence-corrected chi connectivity index (χ4v) is 0.797. The van der Waals surface area contributed by atoms with Crippen LogP contribution in [0.1, 0.15) is 26.2 Å². The minimum absolute atomic E-state index is 0.325. The fourth-order valence-electron chi connectivity index (χ4n) is 0.644. The summed E-state index contributed by atoms with van der Waals surface area (Å²) in [5, 5.41) is 9.15. The number of hydrogen-bond donors (Lipinski definition) is 1. The van der Waals surface area contributed by atoms with Gasteiger partial charge in [-0.05, 0) is 12.5 Å². The van der Waals surface area contributed by atoms with Gasteiger partial charge in [-0.25, -0.2) is 0 Å². The van der Waals surface area contributed by atoms with Gasteiger partial charge in [-0.2, -0.15) is 0 Å². The quantitative estimate of drug-likeness (QED) is 0.699. The molecule has 58 valence electrons. The van der Waals surface area contributed by atoms with Crippen molar-refractivity contribution in [2.24, 2.45) is 0 Å². The Balaban J connectivity index is 3.43. The van der Waals surface area contributed by atoms with Gasteiger partial charge in [0.05, 0.1) is 6.10 Å². The van der Waals surface area contributed by atoms with Gasteiger partial charge in [0.2, 0.25) is 0 Å². The Hall–Kier alpha value is -0.0400. The third kappa shape index (κ3) is 6.09. The molecule has 0 bridgehead atoms. The summed E-state index contributed by atoms with van der Waals surface area (Å²) in [7, 11) is 0. The topological polar surface area (TPSA) is 20.2 Å². The molecule has 0 aliphatic rings. The molecule has 0 aliphatic carbocycles. The fraction of sp³-hybridized carbons (Fsp3) is 0.625. The van der Waals surface area contributed by atoms with Crippen molar-refractivity contribution in [2.45, 2.75) is 32.3 Å². The van der Waals surface area contributed by atoms with Crippen LogP contribution in [-0.2, 0) is 0 Å². The van der Waals surface area contributed by atoms with Crippen LogP contribution in [0.2, 0.25) is 0 Å². The van der Waals surface area contributed by atoms with Crippen molar-refractivity contribution in [2.75, 3.05) is 0 Å². The molecule has 0 aromatic heterocycles. The third-order valence-electron chi connectivity index (χ3n) is 1.21. The Morgan fingerprint density at radius 2 is 2.40 bits per heavy atom. The van der Waals surface area contributed by atoms with E-state index in [1.165, 1.54) is 0 Å². The Labute approximate surface area is 70.6 Å². The molecule has 0 saturated carbocycles. The van der Waals surface area contributed by atoms with Gasteiger partial charge in [0.25, 0.3) is 0 Å². The second-order valence-electron chi connectivity index (χ2n) is 2.15. The zero-order chi connectivity index (χ0) is 7.82. The second kappa shape index (κ2) is 7.07. The molecule has 0 aliphatic heterocycles. The molecule has 0 aromatic rings. The van der Waals surface area contributed by atoms with Crippen molar-refractivity contribution < 1.29 is 5.11 Å². The average molecular weight is 205 g/mol. The van der Waals surface area contributed by atoms with E-state index in [1.807, 2.05) is 0 Å². The molecule has 1 nitrogen and oxygen atoms in total. The number of aliphatic hydroxyl groups is 1. The number of hydrogen-bond acceptors (Lipinski definition) is 1. The van der Waals surface area contributed by atoms with E-state index in [-0.39, 0.29) is 6.10 Å². The molecule has 0 fully saturated rings. The van der Waals surface area contributed by atoms with Crippen molar-refractivity contribution in [3.63, 3.8) is 0 Å². The maximum atomic E-state index is 9.15. The largest absolute Gasteiger partial charge is 0.388 e. The Morgan fingerprint density at radius 3 is 2.90 bits per heavy atom. The van der Waals surface area contributed by atoms with Crippen molar-refractivity contribution in [3.05, 3.63) is 16.8 Å². The van der Waals surface area contributed by atoms with Gasteiger partial charge in [0, 0.05) is 4.99 Å². The maximum Gasteiger partial charge on any atom is 0.0794 e. The van der Waals surface area contributed by atoms with Crippen LogP contribution >= 0.6 is 15.9 Å². The first-order valence-electron chi connectivity index (χ1n) is 3.50. The Bertz CT molecular complexity index is 125. The summed E-state index contributed by atoms with van der Waals surface area (Å²) >= 11 is 3.07. The summed E-state index contributed by atoms with van der Waals surface area (Å²) < 4.78 is 0. The molecule has 0 rings (SSSR count). The smallest absolute Gasteiger partial charge is 0.0794 e. The minimum atomic E-state index is -0.325. The average Bonchev–Trinajstić information content (AvgIpc) is 1.97. The molecule has 1 N–H and O–H groups in total. The first-order valence-corrected chi connectivity index (χ1v) is 4.42. The molecule has 0 amide bonds. The van der Waals surface area contributed by atoms with Crippen LogP contribution in [-0.4, -0.2) is 11.2 Å². The standard InChI is InChI=1S/C8H13BrO/c1-2-3-5-8(10)6-4-7-9/h6-8,10H,2-3,5H2,1H3. The molecule has 0 spiro atoms. The van der Waals surface area contributed by atoms with Crippen molar-refractivity contribution in [3.8, 4) is 0 Å². The van der Waals surface area contributed by atoms with E-state index in [0.717, 1.165) is 19.3 Å². The van der Waals surface area contributed by atoms with Crippen LogP contribution in [0.5, 0.6) is 0 Å². The first kappa shape index (κ1) is 9.96. The van der Waals surface area contributed by atoms with Crippen molar-refractivity contribution in [1.82, 2.24) is 0 Å². The summed E-state index contributed by atoms with van der Waals surface area (Å²) in [4.78, 5) is 1.61. The van der Waals surface area contributed by atoms with E-state index in [4.69, 9.17) is 5.11 Å². The van der Waals surface area contributed by atoms with E-state index in [9.17, 15) is 0 Å². The van der Waals surface area contributed by atoms with Gasteiger partial charge in [0.15, 0.2) is 0 Å². The van der Waals surface area contributed by atoms with Gasteiger partial charge in [-0.3, -0.25) is 0 Å². The van der Waals surface area contributed by atoms with E-state index in [0.29, 0.717) is 0 Å².